The van der Waals surface area contributed by atoms with Gasteiger partial charge in [0.2, 0.25) is 15.9 Å². The van der Waals surface area contributed by atoms with Crippen molar-refractivity contribution < 1.29 is 22.7 Å². The second-order valence-electron chi connectivity index (χ2n) is 5.98. The molecule has 152 valence electrons. The van der Waals surface area contributed by atoms with Gasteiger partial charge in [0.05, 0.1) is 37.3 Å². The van der Waals surface area contributed by atoms with Gasteiger partial charge in [-0.05, 0) is 23.8 Å². The third kappa shape index (κ3) is 6.70. The van der Waals surface area contributed by atoms with Crippen molar-refractivity contribution in [2.75, 3.05) is 37.4 Å². The number of methoxy groups -OCH3 is 1. The molecular formula is C19H23ClN2O5S. The smallest absolute Gasteiger partial charge is 0.240 e. The van der Waals surface area contributed by atoms with Gasteiger partial charge < -0.3 is 14.8 Å². The summed E-state index contributed by atoms with van der Waals surface area (Å²) in [5, 5.41) is 2.90. The van der Waals surface area contributed by atoms with Gasteiger partial charge in [-0.25, -0.2) is 8.42 Å². The molecule has 0 aliphatic rings. The largest absolute Gasteiger partial charge is 0.495 e. The monoisotopic (exact) mass is 426 g/mol. The van der Waals surface area contributed by atoms with Crippen LogP contribution in [0.5, 0.6) is 5.75 Å². The van der Waals surface area contributed by atoms with E-state index in [4.69, 9.17) is 21.1 Å². The van der Waals surface area contributed by atoms with Crippen LogP contribution in [0.25, 0.3) is 0 Å². The Labute approximate surface area is 170 Å². The Morgan fingerprint density at radius 2 is 1.89 bits per heavy atom. The molecule has 0 bridgehead atoms. The van der Waals surface area contributed by atoms with Gasteiger partial charge in [-0.1, -0.05) is 41.9 Å². The van der Waals surface area contributed by atoms with Crippen LogP contribution in [0.15, 0.2) is 48.5 Å². The summed E-state index contributed by atoms with van der Waals surface area (Å²) in [6.45, 7) is 0.664. The number of anilines is 1. The number of rotatable bonds is 10. The molecule has 2 aromatic carbocycles. The van der Waals surface area contributed by atoms with Crippen molar-refractivity contribution in [3.8, 4) is 5.75 Å². The first-order chi connectivity index (χ1) is 13.3. The van der Waals surface area contributed by atoms with E-state index in [1.54, 1.807) is 6.07 Å². The first kappa shape index (κ1) is 22.0. The first-order valence-corrected chi connectivity index (χ1v) is 10.7. The van der Waals surface area contributed by atoms with Crippen molar-refractivity contribution >= 4 is 33.2 Å². The van der Waals surface area contributed by atoms with Crippen LogP contribution in [0.1, 0.15) is 5.56 Å². The number of ether oxygens (including phenoxy) is 2. The van der Waals surface area contributed by atoms with Gasteiger partial charge in [-0.15, -0.1) is 0 Å². The first-order valence-electron chi connectivity index (χ1n) is 8.51. The predicted molar refractivity (Wildman–Crippen MR) is 109 cm³/mol. The molecule has 0 saturated carbocycles. The Bertz CT molecular complexity index is 890. The number of sulfonamides is 1. The summed E-state index contributed by atoms with van der Waals surface area (Å²) >= 11 is 6.07. The van der Waals surface area contributed by atoms with Crippen LogP contribution in [0, 0.1) is 0 Å². The Kier molecular flexibility index (Phi) is 8.10. The summed E-state index contributed by atoms with van der Waals surface area (Å²) < 4.78 is 35.8. The Morgan fingerprint density at radius 3 is 2.50 bits per heavy atom. The van der Waals surface area contributed by atoms with Gasteiger partial charge in [0.15, 0.2) is 0 Å². The lowest BCUT2D eigenvalue weighted by Gasteiger charge is -2.22. The maximum atomic E-state index is 12.2. The summed E-state index contributed by atoms with van der Waals surface area (Å²) in [5.74, 6) is -0.0282. The van der Waals surface area contributed by atoms with Crippen molar-refractivity contribution in [1.29, 1.82) is 0 Å². The molecule has 7 nitrogen and oxygen atoms in total. The summed E-state index contributed by atoms with van der Waals surface area (Å²) in [6.07, 6.45) is 1.03. The zero-order valence-corrected chi connectivity index (χ0v) is 17.3. The summed E-state index contributed by atoms with van der Waals surface area (Å²) in [5.41, 5.74) is 1.32. The van der Waals surface area contributed by atoms with Crippen LogP contribution >= 0.6 is 11.6 Å². The quantitative estimate of drug-likeness (QED) is 0.590. The van der Waals surface area contributed by atoms with Crippen molar-refractivity contribution in [2.45, 2.75) is 6.61 Å². The lowest BCUT2D eigenvalue weighted by molar-refractivity contribution is -0.119. The van der Waals surface area contributed by atoms with Gasteiger partial charge in [0.25, 0.3) is 0 Å². The van der Waals surface area contributed by atoms with E-state index in [-0.39, 0.29) is 23.8 Å². The molecule has 0 fully saturated rings. The molecule has 2 aromatic rings. The Balaban J connectivity index is 1.88. The number of nitrogens with one attached hydrogen (secondary N) is 1. The highest BCUT2D eigenvalue weighted by Crippen LogP contribution is 2.30. The molecule has 0 aromatic heterocycles. The zero-order valence-electron chi connectivity index (χ0n) is 15.7. The van der Waals surface area contributed by atoms with Crippen LogP contribution < -0.4 is 14.4 Å². The van der Waals surface area contributed by atoms with Crippen LogP contribution in [0.2, 0.25) is 5.02 Å². The van der Waals surface area contributed by atoms with Crippen LogP contribution in [0.3, 0.4) is 0 Å². The number of carbonyl (C=O) groups excluding carboxylic acids is 1. The highest BCUT2D eigenvalue weighted by Gasteiger charge is 2.21. The van der Waals surface area contributed by atoms with E-state index >= 15 is 0 Å². The van der Waals surface area contributed by atoms with Gasteiger partial charge in [-0.2, -0.15) is 0 Å². The van der Waals surface area contributed by atoms with Crippen molar-refractivity contribution in [3.05, 3.63) is 59.1 Å². The molecule has 1 N–H and O–H groups in total. The minimum atomic E-state index is -3.68. The Hall–Kier alpha value is -2.29. The molecule has 0 aliphatic heterocycles. The van der Waals surface area contributed by atoms with Crippen LogP contribution in [-0.2, 0) is 26.2 Å². The minimum absolute atomic E-state index is 0.253. The molecule has 0 unspecified atom stereocenters. The van der Waals surface area contributed by atoms with Crippen molar-refractivity contribution in [1.82, 2.24) is 5.32 Å². The molecule has 1 amide bonds. The number of carbonyl (C=O) groups is 1. The lowest BCUT2D eigenvalue weighted by Crippen LogP contribution is -2.41. The van der Waals surface area contributed by atoms with Crippen molar-refractivity contribution in [2.24, 2.45) is 0 Å². The molecule has 0 radical (unpaired) electrons. The Morgan fingerprint density at radius 1 is 1.18 bits per heavy atom. The third-order valence-corrected chi connectivity index (χ3v) is 5.23. The predicted octanol–water partition coefficient (Wildman–Crippen LogP) is 2.45. The highest BCUT2D eigenvalue weighted by atomic mass is 35.5. The van der Waals surface area contributed by atoms with E-state index in [1.165, 1.54) is 19.2 Å². The maximum Gasteiger partial charge on any atom is 0.240 e. The van der Waals surface area contributed by atoms with E-state index in [2.05, 4.69) is 5.32 Å². The number of hydrogen-bond donors (Lipinski definition) is 1. The van der Waals surface area contributed by atoms with E-state index < -0.39 is 15.9 Å². The normalized spacial score (nSPS) is 11.1. The molecule has 2 rings (SSSR count). The lowest BCUT2D eigenvalue weighted by atomic mass is 10.2. The van der Waals surface area contributed by atoms with E-state index in [0.29, 0.717) is 19.0 Å². The van der Waals surface area contributed by atoms with Crippen LogP contribution in [-0.4, -0.2) is 47.4 Å². The molecule has 28 heavy (non-hydrogen) atoms. The number of amides is 1. The number of halogens is 1. The van der Waals surface area contributed by atoms with Gasteiger partial charge >= 0.3 is 0 Å². The number of hydrogen-bond acceptors (Lipinski definition) is 5. The van der Waals surface area contributed by atoms with E-state index in [9.17, 15) is 13.2 Å². The third-order valence-electron chi connectivity index (χ3n) is 3.79. The van der Waals surface area contributed by atoms with Crippen molar-refractivity contribution in [3.63, 3.8) is 0 Å². The van der Waals surface area contributed by atoms with Crippen LogP contribution in [0.4, 0.5) is 5.69 Å². The fraction of sp³-hybridized carbons (Fsp3) is 0.316. The highest BCUT2D eigenvalue weighted by molar-refractivity contribution is 7.92. The van der Waals surface area contributed by atoms with Gasteiger partial charge in [0.1, 0.15) is 12.3 Å². The maximum absolute atomic E-state index is 12.2. The second kappa shape index (κ2) is 10.3. The van der Waals surface area contributed by atoms with E-state index in [0.717, 1.165) is 16.1 Å². The average Bonchev–Trinajstić information content (AvgIpc) is 2.65. The summed E-state index contributed by atoms with van der Waals surface area (Å²) in [7, 11) is -2.22. The number of nitrogens with zero attached hydrogens (tertiary/aromatic N) is 1. The fourth-order valence-corrected chi connectivity index (χ4v) is 3.52. The average molecular weight is 427 g/mol. The van der Waals surface area contributed by atoms with E-state index in [1.807, 2.05) is 30.3 Å². The summed E-state index contributed by atoms with van der Waals surface area (Å²) in [4.78, 5) is 12.2. The molecular weight excluding hydrogens is 404 g/mol. The van der Waals surface area contributed by atoms with Gasteiger partial charge in [-0.3, -0.25) is 9.10 Å². The SMILES string of the molecule is COc1ccc(N(CC(=O)NCCOCc2ccccc2)S(C)(=O)=O)cc1Cl. The minimum Gasteiger partial charge on any atom is -0.495 e. The standard InChI is InChI=1S/C19H23ClN2O5S/c1-26-18-9-8-16(12-17(18)20)22(28(2,24)25)13-19(23)21-10-11-27-14-15-6-4-3-5-7-15/h3-9,12H,10-11,13-14H2,1-2H3,(H,21,23). The number of benzene rings is 2. The molecule has 0 spiro atoms. The molecule has 0 aliphatic carbocycles. The zero-order chi connectivity index (χ0) is 20.6. The summed E-state index contributed by atoms with van der Waals surface area (Å²) in [6, 6.07) is 14.2. The molecule has 9 heteroatoms. The fourth-order valence-electron chi connectivity index (χ4n) is 2.42. The molecule has 0 atom stereocenters. The second-order valence-corrected chi connectivity index (χ2v) is 8.29. The van der Waals surface area contributed by atoms with Gasteiger partial charge in [0, 0.05) is 6.54 Å². The topological polar surface area (TPSA) is 84.9 Å². The molecule has 0 heterocycles. The molecule has 0 saturated heterocycles.